The molecule has 0 aliphatic heterocycles. The second kappa shape index (κ2) is 3.34. The molecule has 2 N–H and O–H groups in total. The van der Waals surface area contributed by atoms with Gasteiger partial charge in [-0.1, -0.05) is 12.1 Å². The lowest BCUT2D eigenvalue weighted by atomic mass is 10.2. The van der Waals surface area contributed by atoms with E-state index in [4.69, 9.17) is 0 Å². The summed E-state index contributed by atoms with van der Waals surface area (Å²) in [5.41, 5.74) is 2.40. The molecule has 3 aromatic rings. The van der Waals surface area contributed by atoms with Crippen LogP contribution in [0.3, 0.4) is 0 Å². The summed E-state index contributed by atoms with van der Waals surface area (Å²) in [6.45, 7) is 0. The maximum absolute atomic E-state index is 9.71. The van der Waals surface area contributed by atoms with Crippen LogP contribution in [0.25, 0.3) is 22.4 Å². The zero-order valence-electron chi connectivity index (χ0n) is 8.38. The number of aromatic nitrogens is 3. The van der Waals surface area contributed by atoms with Gasteiger partial charge < -0.3 is 10.1 Å². The standard InChI is InChI=1S/C12H9N3O/c16-11-4-2-1-3-8(11)12-14-9-5-6-13-7-10(9)15-12/h1-7,16H,(H,14,15). The smallest absolute Gasteiger partial charge is 0.142 e. The maximum Gasteiger partial charge on any atom is 0.142 e. The third-order valence-electron chi connectivity index (χ3n) is 2.44. The molecule has 0 unspecified atom stereocenters. The molecule has 1 aromatic carbocycles. The number of pyridine rings is 1. The quantitative estimate of drug-likeness (QED) is 0.649. The Bertz CT molecular complexity index is 612. The van der Waals surface area contributed by atoms with E-state index in [1.165, 1.54) is 0 Å². The number of benzene rings is 1. The number of nitrogens with zero attached hydrogens (tertiary/aromatic N) is 2. The van der Waals surface area contributed by atoms with E-state index >= 15 is 0 Å². The summed E-state index contributed by atoms with van der Waals surface area (Å²) in [7, 11) is 0. The Kier molecular flexibility index (Phi) is 1.86. The number of imidazole rings is 1. The van der Waals surface area contributed by atoms with Crippen LogP contribution in [-0.4, -0.2) is 20.1 Å². The third kappa shape index (κ3) is 1.32. The number of H-pyrrole nitrogens is 1. The molecule has 4 heteroatoms. The first-order chi connectivity index (χ1) is 7.84. The molecule has 0 radical (unpaired) electrons. The number of aromatic hydroxyl groups is 1. The van der Waals surface area contributed by atoms with Crippen LogP contribution in [0.5, 0.6) is 5.75 Å². The molecular weight excluding hydrogens is 202 g/mol. The summed E-state index contributed by atoms with van der Waals surface area (Å²) in [6.07, 6.45) is 3.41. The molecule has 0 saturated carbocycles. The number of phenols is 1. The van der Waals surface area contributed by atoms with Crippen molar-refractivity contribution in [2.24, 2.45) is 0 Å². The Hall–Kier alpha value is -2.36. The molecule has 16 heavy (non-hydrogen) atoms. The van der Waals surface area contributed by atoms with Gasteiger partial charge >= 0.3 is 0 Å². The van der Waals surface area contributed by atoms with Crippen molar-refractivity contribution >= 4 is 11.0 Å². The number of para-hydroxylation sites is 1. The highest BCUT2D eigenvalue weighted by atomic mass is 16.3. The number of rotatable bonds is 1. The number of phenolic OH excluding ortho intramolecular Hbond substituents is 1. The lowest BCUT2D eigenvalue weighted by Gasteiger charge is -1.98. The topological polar surface area (TPSA) is 61.8 Å². The summed E-state index contributed by atoms with van der Waals surface area (Å²) in [6, 6.07) is 8.93. The average molecular weight is 211 g/mol. The Labute approximate surface area is 91.6 Å². The van der Waals surface area contributed by atoms with Gasteiger partial charge in [0.25, 0.3) is 0 Å². The minimum absolute atomic E-state index is 0.217. The first-order valence-corrected chi connectivity index (χ1v) is 4.93. The van der Waals surface area contributed by atoms with Crippen molar-refractivity contribution in [1.29, 1.82) is 0 Å². The van der Waals surface area contributed by atoms with Crippen LogP contribution in [0.15, 0.2) is 42.7 Å². The van der Waals surface area contributed by atoms with Crippen molar-refractivity contribution in [3.05, 3.63) is 42.7 Å². The van der Waals surface area contributed by atoms with Crippen LogP contribution >= 0.6 is 0 Å². The molecule has 3 rings (SSSR count). The van der Waals surface area contributed by atoms with Crippen LogP contribution in [0.2, 0.25) is 0 Å². The Balaban J connectivity index is 2.23. The predicted octanol–water partition coefficient (Wildman–Crippen LogP) is 2.33. The number of nitrogens with one attached hydrogen (secondary N) is 1. The largest absolute Gasteiger partial charge is 0.507 e. The molecule has 0 saturated heterocycles. The predicted molar refractivity (Wildman–Crippen MR) is 61.0 cm³/mol. The van der Waals surface area contributed by atoms with E-state index in [0.717, 1.165) is 11.0 Å². The summed E-state index contributed by atoms with van der Waals surface area (Å²) in [5, 5.41) is 9.71. The van der Waals surface area contributed by atoms with E-state index in [1.54, 1.807) is 24.5 Å². The highest BCUT2D eigenvalue weighted by Gasteiger charge is 2.08. The van der Waals surface area contributed by atoms with Gasteiger partial charge in [-0.3, -0.25) is 4.98 Å². The van der Waals surface area contributed by atoms with Gasteiger partial charge in [0.1, 0.15) is 11.6 Å². The number of fused-ring (bicyclic) bond motifs is 1. The van der Waals surface area contributed by atoms with Crippen molar-refractivity contribution in [3.8, 4) is 17.1 Å². The number of hydrogen-bond donors (Lipinski definition) is 2. The van der Waals surface area contributed by atoms with Crippen molar-refractivity contribution in [3.63, 3.8) is 0 Å². The van der Waals surface area contributed by atoms with Gasteiger partial charge in [0.05, 0.1) is 22.8 Å². The fraction of sp³-hybridized carbons (Fsp3) is 0. The molecule has 2 heterocycles. The zero-order valence-corrected chi connectivity index (χ0v) is 8.38. The van der Waals surface area contributed by atoms with Gasteiger partial charge in [-0.05, 0) is 18.2 Å². The lowest BCUT2D eigenvalue weighted by molar-refractivity contribution is 0.477. The Morgan fingerprint density at radius 2 is 2.00 bits per heavy atom. The van der Waals surface area contributed by atoms with Crippen molar-refractivity contribution in [1.82, 2.24) is 15.0 Å². The summed E-state index contributed by atoms with van der Waals surface area (Å²) in [5.74, 6) is 0.871. The minimum Gasteiger partial charge on any atom is -0.507 e. The molecule has 0 amide bonds. The Morgan fingerprint density at radius 3 is 2.81 bits per heavy atom. The van der Waals surface area contributed by atoms with Gasteiger partial charge in [0, 0.05) is 6.20 Å². The van der Waals surface area contributed by atoms with Crippen LogP contribution in [-0.2, 0) is 0 Å². The van der Waals surface area contributed by atoms with Gasteiger partial charge in [-0.25, -0.2) is 4.98 Å². The lowest BCUT2D eigenvalue weighted by Crippen LogP contribution is -1.80. The Morgan fingerprint density at radius 1 is 1.12 bits per heavy atom. The molecule has 0 aliphatic carbocycles. The van der Waals surface area contributed by atoms with E-state index in [9.17, 15) is 5.11 Å². The van der Waals surface area contributed by atoms with Crippen LogP contribution in [0.4, 0.5) is 0 Å². The molecule has 0 atom stereocenters. The van der Waals surface area contributed by atoms with Gasteiger partial charge in [0.2, 0.25) is 0 Å². The molecule has 4 nitrogen and oxygen atoms in total. The second-order valence-corrected chi connectivity index (χ2v) is 3.50. The van der Waals surface area contributed by atoms with Crippen LogP contribution < -0.4 is 0 Å². The first-order valence-electron chi connectivity index (χ1n) is 4.93. The average Bonchev–Trinajstić information content (AvgIpc) is 2.73. The van der Waals surface area contributed by atoms with Crippen LogP contribution in [0.1, 0.15) is 0 Å². The second-order valence-electron chi connectivity index (χ2n) is 3.50. The van der Waals surface area contributed by atoms with E-state index in [-0.39, 0.29) is 5.75 Å². The summed E-state index contributed by atoms with van der Waals surface area (Å²) in [4.78, 5) is 11.5. The van der Waals surface area contributed by atoms with Crippen molar-refractivity contribution < 1.29 is 5.11 Å². The molecular formula is C12H9N3O. The van der Waals surface area contributed by atoms with Gasteiger partial charge in [0.15, 0.2) is 0 Å². The first kappa shape index (κ1) is 8.91. The minimum atomic E-state index is 0.217. The van der Waals surface area contributed by atoms with Crippen molar-refractivity contribution in [2.75, 3.05) is 0 Å². The van der Waals surface area contributed by atoms with E-state index in [0.29, 0.717) is 11.4 Å². The summed E-state index contributed by atoms with van der Waals surface area (Å²) < 4.78 is 0. The van der Waals surface area contributed by atoms with Crippen molar-refractivity contribution in [2.45, 2.75) is 0 Å². The molecule has 0 aliphatic rings. The van der Waals surface area contributed by atoms with Crippen LogP contribution in [0, 0.1) is 0 Å². The molecule has 0 fully saturated rings. The highest BCUT2D eigenvalue weighted by molar-refractivity contribution is 5.79. The monoisotopic (exact) mass is 211 g/mol. The maximum atomic E-state index is 9.71. The number of hydrogen-bond acceptors (Lipinski definition) is 3. The normalized spacial score (nSPS) is 10.8. The van der Waals surface area contributed by atoms with E-state index < -0.39 is 0 Å². The van der Waals surface area contributed by atoms with Gasteiger partial charge in [-0.2, -0.15) is 0 Å². The van der Waals surface area contributed by atoms with E-state index in [2.05, 4.69) is 15.0 Å². The fourth-order valence-corrected chi connectivity index (χ4v) is 1.66. The van der Waals surface area contributed by atoms with E-state index in [1.807, 2.05) is 18.2 Å². The SMILES string of the molecule is Oc1ccccc1-c1nc2ccncc2[nH]1. The number of aromatic amines is 1. The van der Waals surface area contributed by atoms with Gasteiger partial charge in [-0.15, -0.1) is 0 Å². The summed E-state index contributed by atoms with van der Waals surface area (Å²) >= 11 is 0. The fourth-order valence-electron chi connectivity index (χ4n) is 1.66. The molecule has 2 aromatic heterocycles. The molecule has 78 valence electrons. The zero-order chi connectivity index (χ0) is 11.0. The highest BCUT2D eigenvalue weighted by Crippen LogP contribution is 2.27. The molecule has 0 spiro atoms. The third-order valence-corrected chi connectivity index (χ3v) is 2.44. The molecule has 0 bridgehead atoms.